The van der Waals surface area contributed by atoms with Gasteiger partial charge in [0.2, 0.25) is 6.41 Å². The third kappa shape index (κ3) is 6.88. The number of amides is 1. The Balaban J connectivity index is 1.98. The van der Waals surface area contributed by atoms with Crippen LogP contribution in [0.1, 0.15) is 32.1 Å². The highest BCUT2D eigenvalue weighted by molar-refractivity contribution is 5.75. The predicted molar refractivity (Wildman–Crippen MR) is 106 cm³/mol. The zero-order valence-corrected chi connectivity index (χ0v) is 16.2. The Kier molecular flexibility index (Phi) is 7.15. The van der Waals surface area contributed by atoms with Gasteiger partial charge in [-0.2, -0.15) is 0 Å². The molecule has 0 aliphatic carbocycles. The van der Waals surface area contributed by atoms with Gasteiger partial charge in [-0.05, 0) is 39.0 Å². The number of rotatable bonds is 9. The van der Waals surface area contributed by atoms with Gasteiger partial charge in [-0.1, -0.05) is 23.4 Å². The van der Waals surface area contributed by atoms with Crippen LogP contribution in [0.3, 0.4) is 0 Å². The molecule has 2 aromatic rings. The number of ether oxygens (including phenoxy) is 1. The van der Waals surface area contributed by atoms with E-state index in [4.69, 9.17) is 9.26 Å². The minimum absolute atomic E-state index is 0.0600. The van der Waals surface area contributed by atoms with Crippen LogP contribution >= 0.6 is 0 Å². The van der Waals surface area contributed by atoms with Crippen molar-refractivity contribution in [2.24, 2.45) is 0 Å². The third-order valence-electron chi connectivity index (χ3n) is 3.68. The largest absolute Gasteiger partial charge is 0.490 e. The molecule has 0 bridgehead atoms. The maximum atomic E-state index is 10.8. The van der Waals surface area contributed by atoms with Crippen molar-refractivity contribution >= 4 is 24.4 Å². The van der Waals surface area contributed by atoms with E-state index in [1.807, 2.05) is 51.1 Å². The van der Waals surface area contributed by atoms with E-state index in [0.717, 1.165) is 5.56 Å². The number of hydrogen-bond donors (Lipinski definition) is 2. The zero-order chi connectivity index (χ0) is 19.9. The number of para-hydroxylation sites is 1. The van der Waals surface area contributed by atoms with E-state index in [0.29, 0.717) is 30.3 Å². The maximum Gasteiger partial charge on any atom is 0.215 e. The summed E-state index contributed by atoms with van der Waals surface area (Å²) < 4.78 is 11.0. The van der Waals surface area contributed by atoms with Gasteiger partial charge in [-0.3, -0.25) is 9.69 Å². The van der Waals surface area contributed by atoms with Crippen LogP contribution < -0.4 is 15.0 Å². The first-order valence-corrected chi connectivity index (χ1v) is 8.76. The van der Waals surface area contributed by atoms with Crippen LogP contribution in [-0.2, 0) is 4.79 Å². The van der Waals surface area contributed by atoms with E-state index in [9.17, 15) is 9.90 Å². The van der Waals surface area contributed by atoms with Crippen LogP contribution in [0.4, 0.5) is 5.82 Å². The van der Waals surface area contributed by atoms with E-state index in [2.05, 4.69) is 10.5 Å². The molecule has 146 valence electrons. The quantitative estimate of drug-likeness (QED) is 0.657. The number of benzene rings is 1. The van der Waals surface area contributed by atoms with Crippen LogP contribution in [0.25, 0.3) is 12.2 Å². The fourth-order valence-corrected chi connectivity index (χ4v) is 2.17. The van der Waals surface area contributed by atoms with Crippen LogP contribution in [0.15, 0.2) is 34.9 Å². The molecule has 0 saturated carbocycles. The van der Waals surface area contributed by atoms with Crippen molar-refractivity contribution in [2.45, 2.75) is 32.4 Å². The van der Waals surface area contributed by atoms with Gasteiger partial charge in [0.15, 0.2) is 11.6 Å². The van der Waals surface area contributed by atoms with Crippen LogP contribution in [0.2, 0.25) is 0 Å². The molecule has 7 heteroatoms. The number of carbonyl (C=O) groups excluding carboxylic acids is 1. The smallest absolute Gasteiger partial charge is 0.215 e. The van der Waals surface area contributed by atoms with E-state index in [1.54, 1.807) is 19.2 Å². The molecule has 1 aromatic heterocycles. The molecule has 27 heavy (non-hydrogen) atoms. The number of aliphatic hydroxyl groups excluding tert-OH is 1. The zero-order valence-electron chi connectivity index (χ0n) is 16.2. The Bertz CT molecular complexity index is 765. The van der Waals surface area contributed by atoms with Crippen molar-refractivity contribution in [2.75, 3.05) is 25.1 Å². The fourth-order valence-electron chi connectivity index (χ4n) is 2.17. The fraction of sp³-hybridized carbons (Fsp3) is 0.400. The van der Waals surface area contributed by atoms with Gasteiger partial charge in [-0.15, -0.1) is 0 Å². The second-order valence-corrected chi connectivity index (χ2v) is 7.27. The summed E-state index contributed by atoms with van der Waals surface area (Å²) >= 11 is 0. The second kappa shape index (κ2) is 9.34. The molecule has 1 unspecified atom stereocenters. The summed E-state index contributed by atoms with van der Waals surface area (Å²) in [6, 6.07) is 9.18. The van der Waals surface area contributed by atoms with Gasteiger partial charge in [0.05, 0.1) is 0 Å². The van der Waals surface area contributed by atoms with Crippen LogP contribution in [0.5, 0.6) is 5.75 Å². The Morgan fingerprint density at radius 1 is 1.33 bits per heavy atom. The number of hydrogen-bond acceptors (Lipinski definition) is 6. The van der Waals surface area contributed by atoms with Crippen LogP contribution in [0, 0.1) is 0 Å². The number of aliphatic hydroxyl groups is 1. The lowest BCUT2D eigenvalue weighted by Crippen LogP contribution is -2.42. The summed E-state index contributed by atoms with van der Waals surface area (Å²) in [5.41, 5.74) is 0.783. The first-order chi connectivity index (χ1) is 12.8. The molecule has 1 heterocycles. The van der Waals surface area contributed by atoms with Gasteiger partial charge in [0, 0.05) is 30.8 Å². The molecule has 1 aromatic carbocycles. The summed E-state index contributed by atoms with van der Waals surface area (Å²) in [5, 5.41) is 17.2. The standard InChI is InChI=1S/C20H27N3O4/c1-20(2,3)21-12-16(25)13-26-18-8-6-5-7-15(18)9-10-17-11-19(22-27-17)23(4)14-24/h5-11,14,16,21,25H,12-13H2,1-4H3. The summed E-state index contributed by atoms with van der Waals surface area (Å²) in [6.07, 6.45) is 3.63. The van der Waals surface area contributed by atoms with E-state index >= 15 is 0 Å². The monoisotopic (exact) mass is 373 g/mol. The van der Waals surface area contributed by atoms with Crippen molar-refractivity contribution in [1.29, 1.82) is 0 Å². The maximum absolute atomic E-state index is 10.8. The molecule has 0 spiro atoms. The number of β-amino-alcohol motifs (C(OH)–C–C–N with tert-alkyl or cyclic N) is 1. The lowest BCUT2D eigenvalue weighted by atomic mass is 10.1. The molecule has 0 fully saturated rings. The SMILES string of the molecule is CN(C=O)c1cc(C=Cc2ccccc2OCC(O)CNC(C)(C)C)on1. The molecule has 0 saturated heterocycles. The molecule has 7 nitrogen and oxygen atoms in total. The highest BCUT2D eigenvalue weighted by Crippen LogP contribution is 2.22. The molecule has 2 N–H and O–H groups in total. The summed E-state index contributed by atoms with van der Waals surface area (Å²) in [7, 11) is 1.60. The predicted octanol–water partition coefficient (Wildman–Crippen LogP) is 2.57. The number of nitrogens with one attached hydrogen (secondary N) is 1. The topological polar surface area (TPSA) is 87.8 Å². The first kappa shape index (κ1) is 20.7. The average Bonchev–Trinajstić information content (AvgIpc) is 3.11. The van der Waals surface area contributed by atoms with Crippen molar-refractivity contribution in [3.05, 3.63) is 41.7 Å². The number of aromatic nitrogens is 1. The molecule has 1 amide bonds. The molecule has 2 rings (SSSR count). The normalized spacial score (nSPS) is 12.9. The van der Waals surface area contributed by atoms with Crippen molar-refractivity contribution < 1.29 is 19.2 Å². The highest BCUT2D eigenvalue weighted by atomic mass is 16.5. The van der Waals surface area contributed by atoms with E-state index < -0.39 is 6.10 Å². The van der Waals surface area contributed by atoms with Crippen molar-refractivity contribution in [1.82, 2.24) is 10.5 Å². The minimum Gasteiger partial charge on any atom is -0.490 e. The lowest BCUT2D eigenvalue weighted by Gasteiger charge is -2.23. The summed E-state index contributed by atoms with van der Waals surface area (Å²) in [6.45, 7) is 6.77. The molecule has 0 radical (unpaired) electrons. The number of nitrogens with zero attached hydrogens (tertiary/aromatic N) is 2. The average molecular weight is 373 g/mol. The van der Waals surface area contributed by atoms with E-state index in [-0.39, 0.29) is 12.1 Å². The first-order valence-electron chi connectivity index (χ1n) is 8.76. The van der Waals surface area contributed by atoms with Gasteiger partial charge in [-0.25, -0.2) is 0 Å². The number of anilines is 1. The second-order valence-electron chi connectivity index (χ2n) is 7.27. The molecule has 1 atom stereocenters. The van der Waals surface area contributed by atoms with Crippen molar-refractivity contribution in [3.8, 4) is 5.75 Å². The van der Waals surface area contributed by atoms with Gasteiger partial charge >= 0.3 is 0 Å². The van der Waals surface area contributed by atoms with Crippen molar-refractivity contribution in [3.63, 3.8) is 0 Å². The van der Waals surface area contributed by atoms with E-state index in [1.165, 1.54) is 4.90 Å². The van der Waals surface area contributed by atoms with Crippen LogP contribution in [-0.4, -0.2) is 48.5 Å². The summed E-state index contributed by atoms with van der Waals surface area (Å²) in [5.74, 6) is 1.61. The molecular formula is C20H27N3O4. The molecule has 0 aliphatic rings. The Labute approximate surface area is 159 Å². The molecular weight excluding hydrogens is 346 g/mol. The Hall–Kier alpha value is -2.64. The Morgan fingerprint density at radius 3 is 2.78 bits per heavy atom. The highest BCUT2D eigenvalue weighted by Gasteiger charge is 2.13. The summed E-state index contributed by atoms with van der Waals surface area (Å²) in [4.78, 5) is 12.1. The van der Waals surface area contributed by atoms with Gasteiger partial charge in [0.25, 0.3) is 0 Å². The van der Waals surface area contributed by atoms with Gasteiger partial charge < -0.3 is 19.7 Å². The molecule has 0 aliphatic heterocycles. The lowest BCUT2D eigenvalue weighted by molar-refractivity contribution is -0.107. The number of carbonyl (C=O) groups is 1. The Morgan fingerprint density at radius 2 is 2.07 bits per heavy atom. The minimum atomic E-state index is -0.614. The van der Waals surface area contributed by atoms with Gasteiger partial charge in [0.1, 0.15) is 18.5 Å². The third-order valence-corrected chi connectivity index (χ3v) is 3.68.